The van der Waals surface area contributed by atoms with Crippen molar-refractivity contribution in [1.82, 2.24) is 0 Å². The van der Waals surface area contributed by atoms with Crippen LogP contribution >= 0.6 is 0 Å². The van der Waals surface area contributed by atoms with Crippen molar-refractivity contribution >= 4 is 5.69 Å². The molecule has 1 aliphatic rings. The molecule has 0 spiro atoms. The molecule has 1 saturated carbocycles. The molecule has 0 bridgehead atoms. The molecule has 0 saturated heterocycles. The number of rotatable bonds is 1. The van der Waals surface area contributed by atoms with Gasteiger partial charge in [0.2, 0.25) is 0 Å². The second-order valence-corrected chi connectivity index (χ2v) is 3.45. The monoisotopic (exact) mass is 147 g/mol. The largest absolute Gasteiger partial charge is 0.398 e. The molecule has 1 aliphatic carbocycles. The van der Waals surface area contributed by atoms with E-state index in [-0.39, 0.29) is 0 Å². The van der Waals surface area contributed by atoms with E-state index in [0.717, 1.165) is 17.5 Å². The van der Waals surface area contributed by atoms with Gasteiger partial charge in [-0.3, -0.25) is 0 Å². The maximum absolute atomic E-state index is 5.82. The first-order valence-corrected chi connectivity index (χ1v) is 4.13. The molecule has 0 radical (unpaired) electrons. The van der Waals surface area contributed by atoms with Gasteiger partial charge in [0.05, 0.1) is 0 Å². The van der Waals surface area contributed by atoms with E-state index in [1.807, 2.05) is 12.1 Å². The van der Waals surface area contributed by atoms with Crippen LogP contribution in [0, 0.1) is 5.92 Å². The third-order valence-electron chi connectivity index (χ3n) is 2.50. The van der Waals surface area contributed by atoms with Crippen molar-refractivity contribution < 1.29 is 0 Å². The minimum Gasteiger partial charge on any atom is -0.398 e. The first kappa shape index (κ1) is 6.71. The Balaban J connectivity index is 2.31. The first-order valence-electron chi connectivity index (χ1n) is 4.13. The number of nitrogens with two attached hydrogens (primary N) is 1. The first-order chi connectivity index (χ1) is 5.29. The van der Waals surface area contributed by atoms with Gasteiger partial charge in [-0.05, 0) is 29.9 Å². The van der Waals surface area contributed by atoms with E-state index < -0.39 is 0 Å². The molecule has 2 N–H and O–H groups in total. The highest BCUT2D eigenvalue weighted by atomic mass is 14.6. The third-order valence-corrected chi connectivity index (χ3v) is 2.50. The van der Waals surface area contributed by atoms with E-state index in [9.17, 15) is 0 Å². The SMILES string of the molecule is CC1CC1c1ccccc1N. The Morgan fingerprint density at radius 1 is 1.36 bits per heavy atom. The molecule has 2 unspecified atom stereocenters. The minimum atomic E-state index is 0.746. The van der Waals surface area contributed by atoms with Crippen LogP contribution in [0.25, 0.3) is 0 Å². The lowest BCUT2D eigenvalue weighted by molar-refractivity contribution is 0.916. The minimum absolute atomic E-state index is 0.746. The fourth-order valence-electron chi connectivity index (χ4n) is 1.60. The standard InChI is InChI=1S/C10H13N/c1-7-6-9(7)8-4-2-3-5-10(8)11/h2-5,7,9H,6,11H2,1H3. The maximum Gasteiger partial charge on any atom is 0.0349 e. The topological polar surface area (TPSA) is 26.0 Å². The van der Waals surface area contributed by atoms with E-state index >= 15 is 0 Å². The molecule has 0 amide bonds. The van der Waals surface area contributed by atoms with Gasteiger partial charge in [-0.25, -0.2) is 0 Å². The van der Waals surface area contributed by atoms with Crippen molar-refractivity contribution in [3.8, 4) is 0 Å². The Hall–Kier alpha value is -0.980. The Morgan fingerprint density at radius 2 is 2.00 bits per heavy atom. The van der Waals surface area contributed by atoms with Gasteiger partial charge in [0.15, 0.2) is 0 Å². The lowest BCUT2D eigenvalue weighted by Gasteiger charge is -2.01. The summed E-state index contributed by atoms with van der Waals surface area (Å²) in [5, 5.41) is 0. The average molecular weight is 147 g/mol. The van der Waals surface area contributed by atoms with Gasteiger partial charge in [-0.2, -0.15) is 0 Å². The molecule has 58 valence electrons. The second-order valence-electron chi connectivity index (χ2n) is 3.45. The zero-order chi connectivity index (χ0) is 7.84. The fraction of sp³-hybridized carbons (Fsp3) is 0.400. The molecule has 11 heavy (non-hydrogen) atoms. The summed E-state index contributed by atoms with van der Waals surface area (Å²) in [6, 6.07) is 8.19. The fourth-order valence-corrected chi connectivity index (χ4v) is 1.60. The van der Waals surface area contributed by atoms with Crippen molar-refractivity contribution in [2.45, 2.75) is 19.3 Å². The lowest BCUT2D eigenvalue weighted by Crippen LogP contribution is -1.91. The van der Waals surface area contributed by atoms with Gasteiger partial charge < -0.3 is 5.73 Å². The number of para-hydroxylation sites is 1. The second kappa shape index (κ2) is 2.26. The van der Waals surface area contributed by atoms with Crippen LogP contribution in [0.15, 0.2) is 24.3 Å². The summed E-state index contributed by atoms with van der Waals surface area (Å²) in [5.74, 6) is 1.59. The van der Waals surface area contributed by atoms with Gasteiger partial charge in [0, 0.05) is 5.69 Å². The average Bonchev–Trinajstić information content (AvgIpc) is 2.68. The van der Waals surface area contributed by atoms with E-state index in [1.54, 1.807) is 0 Å². The van der Waals surface area contributed by atoms with Crippen LogP contribution in [0.2, 0.25) is 0 Å². The van der Waals surface area contributed by atoms with Crippen LogP contribution in [-0.4, -0.2) is 0 Å². The summed E-state index contributed by atoms with van der Waals surface area (Å²) in [6.45, 7) is 2.27. The molecule has 1 aromatic rings. The Morgan fingerprint density at radius 3 is 2.55 bits per heavy atom. The quantitative estimate of drug-likeness (QED) is 0.606. The maximum atomic E-state index is 5.82. The summed E-state index contributed by atoms with van der Waals surface area (Å²) in [4.78, 5) is 0. The van der Waals surface area contributed by atoms with Crippen molar-refractivity contribution in [3.63, 3.8) is 0 Å². The molecular formula is C10H13N. The zero-order valence-corrected chi connectivity index (χ0v) is 6.75. The van der Waals surface area contributed by atoms with Crippen molar-refractivity contribution in [1.29, 1.82) is 0 Å². The summed E-state index contributed by atoms with van der Waals surface area (Å²) in [5.41, 5.74) is 8.13. The third kappa shape index (κ3) is 1.11. The van der Waals surface area contributed by atoms with Gasteiger partial charge in [0.1, 0.15) is 0 Å². The highest BCUT2D eigenvalue weighted by Crippen LogP contribution is 2.48. The van der Waals surface area contributed by atoms with Crippen LogP contribution < -0.4 is 5.73 Å². The molecule has 0 heterocycles. The van der Waals surface area contributed by atoms with E-state index in [4.69, 9.17) is 5.73 Å². The number of hydrogen-bond acceptors (Lipinski definition) is 1. The lowest BCUT2D eigenvalue weighted by atomic mass is 10.1. The Bertz CT molecular complexity index is 267. The molecule has 1 aromatic carbocycles. The summed E-state index contributed by atoms with van der Waals surface area (Å²) in [6.07, 6.45) is 1.31. The van der Waals surface area contributed by atoms with Crippen LogP contribution in [0.4, 0.5) is 5.69 Å². The number of nitrogen functional groups attached to an aromatic ring is 1. The molecule has 0 aromatic heterocycles. The van der Waals surface area contributed by atoms with Crippen molar-refractivity contribution in [2.75, 3.05) is 5.73 Å². The molecule has 1 heteroatoms. The highest BCUT2D eigenvalue weighted by molar-refractivity contribution is 5.50. The molecule has 2 rings (SSSR count). The summed E-state index contributed by atoms with van der Waals surface area (Å²) >= 11 is 0. The number of anilines is 1. The Kier molecular flexibility index (Phi) is 1.38. The van der Waals surface area contributed by atoms with Gasteiger partial charge in [0.25, 0.3) is 0 Å². The molecule has 2 atom stereocenters. The molecule has 1 nitrogen and oxygen atoms in total. The van der Waals surface area contributed by atoms with Gasteiger partial charge in [-0.15, -0.1) is 0 Å². The molecule has 1 fully saturated rings. The number of hydrogen-bond donors (Lipinski definition) is 1. The van der Waals surface area contributed by atoms with Crippen molar-refractivity contribution in [3.05, 3.63) is 29.8 Å². The molecular weight excluding hydrogens is 134 g/mol. The van der Waals surface area contributed by atoms with Crippen LogP contribution in [0.3, 0.4) is 0 Å². The predicted molar refractivity (Wildman–Crippen MR) is 47.4 cm³/mol. The normalized spacial score (nSPS) is 28.5. The van der Waals surface area contributed by atoms with Crippen molar-refractivity contribution in [2.24, 2.45) is 5.92 Å². The smallest absolute Gasteiger partial charge is 0.0349 e. The van der Waals surface area contributed by atoms with Crippen LogP contribution in [-0.2, 0) is 0 Å². The summed E-state index contributed by atoms with van der Waals surface area (Å²) in [7, 11) is 0. The van der Waals surface area contributed by atoms with E-state index in [1.165, 1.54) is 12.0 Å². The number of benzene rings is 1. The highest BCUT2D eigenvalue weighted by Gasteiger charge is 2.34. The van der Waals surface area contributed by atoms with Gasteiger partial charge in [-0.1, -0.05) is 25.1 Å². The Labute approximate surface area is 67.2 Å². The van der Waals surface area contributed by atoms with Crippen LogP contribution in [0.1, 0.15) is 24.8 Å². The van der Waals surface area contributed by atoms with Gasteiger partial charge >= 0.3 is 0 Å². The molecule has 0 aliphatic heterocycles. The van der Waals surface area contributed by atoms with E-state index in [2.05, 4.69) is 19.1 Å². The van der Waals surface area contributed by atoms with E-state index in [0.29, 0.717) is 0 Å². The van der Waals surface area contributed by atoms with Crippen LogP contribution in [0.5, 0.6) is 0 Å². The summed E-state index contributed by atoms with van der Waals surface area (Å²) < 4.78 is 0. The zero-order valence-electron chi connectivity index (χ0n) is 6.75. The predicted octanol–water partition coefficient (Wildman–Crippen LogP) is 2.39.